The Hall–Kier alpha value is -2.05. The Balaban J connectivity index is 1.62. The van der Waals surface area contributed by atoms with Crippen LogP contribution in [0.15, 0.2) is 30.6 Å². The van der Waals surface area contributed by atoms with E-state index in [1.165, 1.54) is 6.20 Å². The lowest BCUT2D eigenvalue weighted by atomic mass is 9.97. The van der Waals surface area contributed by atoms with Crippen molar-refractivity contribution in [2.45, 2.75) is 31.7 Å². The van der Waals surface area contributed by atoms with E-state index in [-0.39, 0.29) is 23.4 Å². The second-order valence-electron chi connectivity index (χ2n) is 6.47. The van der Waals surface area contributed by atoms with Crippen molar-refractivity contribution in [1.82, 2.24) is 14.7 Å². The van der Waals surface area contributed by atoms with Crippen LogP contribution in [0.1, 0.15) is 47.6 Å². The monoisotopic (exact) mass is 395 g/mol. The number of carboxylic acids is 1. The summed E-state index contributed by atoms with van der Waals surface area (Å²) in [5, 5.41) is 14.0. The minimum atomic E-state index is -0.987. The fourth-order valence-corrected chi connectivity index (χ4v) is 3.50. The van der Waals surface area contributed by atoms with Crippen LogP contribution >= 0.6 is 23.2 Å². The molecule has 1 unspecified atom stereocenters. The Kier molecular flexibility index (Phi) is 5.53. The van der Waals surface area contributed by atoms with Crippen LogP contribution in [0, 0.1) is 0 Å². The number of benzene rings is 1. The summed E-state index contributed by atoms with van der Waals surface area (Å²) in [6, 6.07) is 5.36. The van der Waals surface area contributed by atoms with Gasteiger partial charge in [0.25, 0.3) is 0 Å². The fourth-order valence-electron chi connectivity index (χ4n) is 3.20. The Labute approximate surface area is 161 Å². The number of aromatic carboxylic acids is 1. The number of carboxylic acid groups (broad SMARTS) is 1. The molecule has 0 aliphatic carbocycles. The van der Waals surface area contributed by atoms with Crippen molar-refractivity contribution in [1.29, 1.82) is 0 Å². The lowest BCUT2D eigenvalue weighted by Crippen LogP contribution is -2.41. The summed E-state index contributed by atoms with van der Waals surface area (Å²) >= 11 is 12.0. The van der Waals surface area contributed by atoms with Crippen molar-refractivity contribution in [3.63, 3.8) is 0 Å². The van der Waals surface area contributed by atoms with E-state index in [0.717, 1.165) is 18.4 Å². The molecule has 6 nitrogen and oxygen atoms in total. The standard InChI is InChI=1S/C18H19Cl2N3O3/c1-11(12-2-3-15(19)16(20)8-12)17(24)22-6-4-14(5-7-22)23-10-13(9-21-23)18(25)26/h2-3,8-11,14H,4-7H2,1H3,(H,25,26). The first-order valence-electron chi connectivity index (χ1n) is 8.38. The predicted octanol–water partition coefficient (Wildman–Crippen LogP) is 3.86. The van der Waals surface area contributed by atoms with Crippen molar-refractivity contribution in [3.8, 4) is 0 Å². The van der Waals surface area contributed by atoms with Crippen molar-refractivity contribution >= 4 is 35.1 Å². The van der Waals surface area contributed by atoms with Gasteiger partial charge in [0.05, 0.1) is 33.8 Å². The maximum absolute atomic E-state index is 12.8. The molecule has 1 N–H and O–H groups in total. The summed E-state index contributed by atoms with van der Waals surface area (Å²) in [7, 11) is 0. The third kappa shape index (κ3) is 3.86. The summed E-state index contributed by atoms with van der Waals surface area (Å²) in [6.45, 7) is 3.08. The SMILES string of the molecule is CC(C(=O)N1CCC(n2cc(C(=O)O)cn2)CC1)c1ccc(Cl)c(Cl)c1. The first kappa shape index (κ1) is 18.7. The van der Waals surface area contributed by atoms with Gasteiger partial charge in [0.2, 0.25) is 5.91 Å². The minimum absolute atomic E-state index is 0.0496. The molecule has 2 heterocycles. The lowest BCUT2D eigenvalue weighted by Gasteiger charge is -2.33. The van der Waals surface area contributed by atoms with Gasteiger partial charge in [-0.15, -0.1) is 0 Å². The zero-order chi connectivity index (χ0) is 18.8. The highest BCUT2D eigenvalue weighted by Crippen LogP contribution is 2.29. The molecule has 1 aliphatic heterocycles. The van der Waals surface area contributed by atoms with Gasteiger partial charge in [-0.1, -0.05) is 29.3 Å². The van der Waals surface area contributed by atoms with Gasteiger partial charge in [-0.05, 0) is 37.5 Å². The van der Waals surface area contributed by atoms with Crippen LogP contribution in [0.4, 0.5) is 0 Å². The average molecular weight is 396 g/mol. The van der Waals surface area contributed by atoms with E-state index in [4.69, 9.17) is 28.3 Å². The van der Waals surface area contributed by atoms with E-state index in [9.17, 15) is 9.59 Å². The number of rotatable bonds is 4. The first-order chi connectivity index (χ1) is 12.4. The van der Waals surface area contributed by atoms with Crippen LogP contribution in [0.2, 0.25) is 10.0 Å². The number of nitrogens with zero attached hydrogens (tertiary/aromatic N) is 3. The number of carbonyl (C=O) groups excluding carboxylic acids is 1. The van der Waals surface area contributed by atoms with Crippen LogP contribution in [0.25, 0.3) is 0 Å². The van der Waals surface area contributed by atoms with Gasteiger partial charge in [0.15, 0.2) is 0 Å². The Morgan fingerprint density at radius 3 is 2.50 bits per heavy atom. The number of likely N-dealkylation sites (tertiary alicyclic amines) is 1. The number of aromatic nitrogens is 2. The zero-order valence-corrected chi connectivity index (χ0v) is 15.7. The maximum Gasteiger partial charge on any atom is 0.338 e. The number of hydrogen-bond donors (Lipinski definition) is 1. The van der Waals surface area contributed by atoms with E-state index in [2.05, 4.69) is 5.10 Å². The van der Waals surface area contributed by atoms with Gasteiger partial charge < -0.3 is 10.0 Å². The van der Waals surface area contributed by atoms with Crippen molar-refractivity contribution < 1.29 is 14.7 Å². The predicted molar refractivity (Wildman–Crippen MR) is 98.9 cm³/mol. The topological polar surface area (TPSA) is 75.4 Å². The highest BCUT2D eigenvalue weighted by Gasteiger charge is 2.28. The average Bonchev–Trinajstić information content (AvgIpc) is 3.13. The Morgan fingerprint density at radius 1 is 1.23 bits per heavy atom. The molecule has 2 aromatic rings. The molecule has 1 saturated heterocycles. The van der Waals surface area contributed by atoms with E-state index >= 15 is 0 Å². The molecular formula is C18H19Cl2N3O3. The molecule has 0 radical (unpaired) electrons. The summed E-state index contributed by atoms with van der Waals surface area (Å²) < 4.78 is 1.69. The van der Waals surface area contributed by atoms with Crippen LogP contribution in [0.5, 0.6) is 0 Å². The second-order valence-corrected chi connectivity index (χ2v) is 7.28. The molecule has 0 saturated carbocycles. The Bertz CT molecular complexity index is 829. The lowest BCUT2D eigenvalue weighted by molar-refractivity contribution is -0.133. The van der Waals surface area contributed by atoms with Crippen LogP contribution in [0.3, 0.4) is 0 Å². The number of hydrogen-bond acceptors (Lipinski definition) is 3. The molecule has 0 bridgehead atoms. The molecule has 1 aromatic heterocycles. The molecule has 1 fully saturated rings. The third-order valence-electron chi connectivity index (χ3n) is 4.81. The summed E-state index contributed by atoms with van der Waals surface area (Å²) in [4.78, 5) is 25.6. The number of halogens is 2. The van der Waals surface area contributed by atoms with Crippen molar-refractivity contribution in [3.05, 3.63) is 51.8 Å². The molecule has 3 rings (SSSR count). The largest absolute Gasteiger partial charge is 0.478 e. The smallest absolute Gasteiger partial charge is 0.338 e. The highest BCUT2D eigenvalue weighted by atomic mass is 35.5. The van der Waals surface area contributed by atoms with Crippen LogP contribution < -0.4 is 0 Å². The van der Waals surface area contributed by atoms with E-state index in [1.807, 2.05) is 17.9 Å². The quantitative estimate of drug-likeness (QED) is 0.852. The van der Waals surface area contributed by atoms with E-state index < -0.39 is 5.97 Å². The third-order valence-corrected chi connectivity index (χ3v) is 5.55. The van der Waals surface area contributed by atoms with Crippen LogP contribution in [-0.4, -0.2) is 44.8 Å². The normalized spacial score (nSPS) is 16.5. The van der Waals surface area contributed by atoms with E-state index in [1.54, 1.807) is 23.0 Å². The Morgan fingerprint density at radius 2 is 1.92 bits per heavy atom. The summed E-state index contributed by atoms with van der Waals surface area (Å²) in [6.07, 6.45) is 4.37. The summed E-state index contributed by atoms with van der Waals surface area (Å²) in [5.41, 5.74) is 1.02. The number of carbonyl (C=O) groups is 2. The molecular weight excluding hydrogens is 377 g/mol. The molecule has 1 amide bonds. The molecule has 26 heavy (non-hydrogen) atoms. The first-order valence-corrected chi connectivity index (χ1v) is 9.13. The zero-order valence-electron chi connectivity index (χ0n) is 14.2. The molecule has 1 aliphatic rings. The van der Waals surface area contributed by atoms with Crippen LogP contribution in [-0.2, 0) is 4.79 Å². The molecule has 0 spiro atoms. The van der Waals surface area contributed by atoms with Gasteiger partial charge >= 0.3 is 5.97 Å². The minimum Gasteiger partial charge on any atom is -0.478 e. The van der Waals surface area contributed by atoms with Crippen molar-refractivity contribution in [2.75, 3.05) is 13.1 Å². The van der Waals surface area contributed by atoms with Crippen molar-refractivity contribution in [2.24, 2.45) is 0 Å². The highest BCUT2D eigenvalue weighted by molar-refractivity contribution is 6.42. The summed E-state index contributed by atoms with van der Waals surface area (Å²) in [5.74, 6) is -1.24. The molecule has 1 atom stereocenters. The molecule has 8 heteroatoms. The van der Waals surface area contributed by atoms with Gasteiger partial charge in [-0.2, -0.15) is 5.10 Å². The number of piperidine rings is 1. The van der Waals surface area contributed by atoms with Gasteiger partial charge in [0.1, 0.15) is 0 Å². The van der Waals surface area contributed by atoms with Gasteiger partial charge in [0, 0.05) is 19.3 Å². The number of amides is 1. The van der Waals surface area contributed by atoms with Gasteiger partial charge in [-0.25, -0.2) is 4.79 Å². The molecule has 1 aromatic carbocycles. The molecule has 138 valence electrons. The maximum atomic E-state index is 12.8. The van der Waals surface area contributed by atoms with Gasteiger partial charge in [-0.3, -0.25) is 9.48 Å². The second kappa shape index (κ2) is 7.68. The van der Waals surface area contributed by atoms with E-state index in [0.29, 0.717) is 23.1 Å². The fraction of sp³-hybridized carbons (Fsp3) is 0.389.